The van der Waals surface area contributed by atoms with Gasteiger partial charge >= 0.3 is 6.09 Å². The predicted molar refractivity (Wildman–Crippen MR) is 185 cm³/mol. The summed E-state index contributed by atoms with van der Waals surface area (Å²) in [4.78, 5) is 19.4. The van der Waals surface area contributed by atoms with E-state index in [1.54, 1.807) is 0 Å². The summed E-state index contributed by atoms with van der Waals surface area (Å²) in [6, 6.07) is 30.1. The van der Waals surface area contributed by atoms with Crippen molar-refractivity contribution in [1.82, 2.24) is 19.7 Å². The topological polar surface area (TPSA) is 90.7 Å². The van der Waals surface area contributed by atoms with Crippen molar-refractivity contribution in [3.8, 4) is 23.0 Å². The molecular formula is C38H43N5O4. The predicted octanol–water partition coefficient (Wildman–Crippen LogP) is 7.85. The zero-order valence-corrected chi connectivity index (χ0v) is 27.6. The first-order valence-corrected chi connectivity index (χ1v) is 16.3. The normalized spacial score (nSPS) is 15.0. The standard InChI is InChI=1S/C38H43N5O4/c1-38(2,3)47-37(44)43-22-12-17-29(24-43)23-39-32-19-11-18-30-34(41-42(4)35(30)32)31-20-21-33(45-25-27-13-7-5-8-14-27)40-36(31)46-26-28-15-9-6-10-16-28/h5-11,13-16,18-21,29,39H,12,17,22-26H2,1-4H3/t29-/m1/s1. The van der Waals surface area contributed by atoms with E-state index >= 15 is 0 Å². The van der Waals surface area contributed by atoms with Crippen LogP contribution in [-0.2, 0) is 25.0 Å². The summed E-state index contributed by atoms with van der Waals surface area (Å²) in [7, 11) is 1.96. The van der Waals surface area contributed by atoms with Gasteiger partial charge in [-0.05, 0) is 62.8 Å². The van der Waals surface area contributed by atoms with Crippen LogP contribution in [0.3, 0.4) is 0 Å². The number of hydrogen-bond acceptors (Lipinski definition) is 7. The molecule has 0 aliphatic carbocycles. The highest BCUT2D eigenvalue weighted by Gasteiger charge is 2.28. The molecule has 5 aromatic rings. The number of nitrogens with one attached hydrogen (secondary N) is 1. The number of amides is 1. The number of likely N-dealkylation sites (tertiary alicyclic amines) is 1. The van der Waals surface area contributed by atoms with Crippen molar-refractivity contribution < 1.29 is 19.0 Å². The minimum absolute atomic E-state index is 0.240. The van der Waals surface area contributed by atoms with Crippen LogP contribution in [0.2, 0.25) is 0 Å². The Hall–Kier alpha value is -5.05. The fraction of sp³-hybridized carbons (Fsp3) is 0.342. The van der Waals surface area contributed by atoms with Gasteiger partial charge in [0.25, 0.3) is 0 Å². The smallest absolute Gasteiger partial charge is 0.410 e. The van der Waals surface area contributed by atoms with Crippen LogP contribution in [0.25, 0.3) is 22.2 Å². The largest absolute Gasteiger partial charge is 0.473 e. The zero-order valence-electron chi connectivity index (χ0n) is 27.6. The van der Waals surface area contributed by atoms with E-state index in [1.807, 2.05) is 116 Å². The second kappa shape index (κ2) is 14.2. The molecule has 0 radical (unpaired) electrons. The van der Waals surface area contributed by atoms with Gasteiger partial charge in [-0.2, -0.15) is 10.1 Å². The first-order valence-electron chi connectivity index (χ1n) is 16.3. The Kier molecular flexibility index (Phi) is 9.61. The highest BCUT2D eigenvalue weighted by atomic mass is 16.6. The Labute approximate surface area is 276 Å². The van der Waals surface area contributed by atoms with Gasteiger partial charge in [-0.15, -0.1) is 0 Å². The summed E-state index contributed by atoms with van der Waals surface area (Å²) in [5.41, 5.74) is 5.14. The van der Waals surface area contributed by atoms with Crippen LogP contribution in [0, 0.1) is 5.92 Å². The number of aromatic nitrogens is 3. The van der Waals surface area contributed by atoms with Gasteiger partial charge in [0, 0.05) is 38.1 Å². The molecule has 0 unspecified atom stereocenters. The molecule has 1 N–H and O–H groups in total. The lowest BCUT2D eigenvalue weighted by atomic mass is 9.98. The van der Waals surface area contributed by atoms with Gasteiger partial charge in [0.2, 0.25) is 11.8 Å². The van der Waals surface area contributed by atoms with Gasteiger partial charge in [0.05, 0.1) is 16.8 Å². The van der Waals surface area contributed by atoms with Crippen molar-refractivity contribution >= 4 is 22.7 Å². The summed E-state index contributed by atoms with van der Waals surface area (Å²) in [6.07, 6.45) is 1.76. The van der Waals surface area contributed by atoms with Crippen molar-refractivity contribution in [3.63, 3.8) is 0 Å². The molecule has 244 valence electrons. The lowest BCUT2D eigenvalue weighted by molar-refractivity contribution is 0.0172. The van der Waals surface area contributed by atoms with E-state index in [0.29, 0.717) is 37.4 Å². The number of benzene rings is 3. The third-order valence-corrected chi connectivity index (χ3v) is 8.15. The van der Waals surface area contributed by atoms with Gasteiger partial charge in [-0.25, -0.2) is 4.79 Å². The Morgan fingerprint density at radius 3 is 2.30 bits per heavy atom. The molecule has 1 aliphatic rings. The van der Waals surface area contributed by atoms with E-state index in [4.69, 9.17) is 24.3 Å². The average molecular weight is 634 g/mol. The molecule has 1 aliphatic heterocycles. The van der Waals surface area contributed by atoms with Crippen LogP contribution in [0.1, 0.15) is 44.7 Å². The molecule has 0 bridgehead atoms. The molecule has 1 fully saturated rings. The van der Waals surface area contributed by atoms with Gasteiger partial charge in [0.1, 0.15) is 24.5 Å². The van der Waals surface area contributed by atoms with Gasteiger partial charge < -0.3 is 24.4 Å². The molecule has 1 amide bonds. The van der Waals surface area contributed by atoms with Crippen molar-refractivity contribution in [3.05, 3.63) is 102 Å². The maximum Gasteiger partial charge on any atom is 0.410 e. The number of rotatable bonds is 10. The number of pyridine rings is 1. The molecular weight excluding hydrogens is 590 g/mol. The number of fused-ring (bicyclic) bond motifs is 1. The van der Waals surface area contributed by atoms with Crippen LogP contribution >= 0.6 is 0 Å². The first-order chi connectivity index (χ1) is 22.7. The molecule has 1 atom stereocenters. The lowest BCUT2D eigenvalue weighted by Gasteiger charge is -2.34. The van der Waals surface area contributed by atoms with Crippen LogP contribution in [0.4, 0.5) is 10.5 Å². The highest BCUT2D eigenvalue weighted by molar-refractivity contribution is 6.00. The summed E-state index contributed by atoms with van der Waals surface area (Å²) in [6.45, 7) is 8.61. The number of carbonyl (C=O) groups is 1. The SMILES string of the molecule is Cn1nc(-c2ccc(OCc3ccccc3)nc2OCc2ccccc2)c2cccc(NC[C@H]3CCCN(C(=O)OC(C)(C)C)C3)c21. The second-order valence-corrected chi connectivity index (χ2v) is 13.0. The third kappa shape index (κ3) is 8.03. The molecule has 6 rings (SSSR count). The maximum atomic E-state index is 12.7. The fourth-order valence-electron chi connectivity index (χ4n) is 5.91. The van der Waals surface area contributed by atoms with E-state index in [-0.39, 0.29) is 6.09 Å². The Morgan fingerprint density at radius 1 is 0.894 bits per heavy atom. The third-order valence-electron chi connectivity index (χ3n) is 8.15. The molecule has 9 nitrogen and oxygen atoms in total. The molecule has 1 saturated heterocycles. The average Bonchev–Trinajstić information content (AvgIpc) is 3.42. The van der Waals surface area contributed by atoms with Crippen molar-refractivity contribution in [2.24, 2.45) is 13.0 Å². The Bertz CT molecular complexity index is 1800. The van der Waals surface area contributed by atoms with E-state index in [9.17, 15) is 4.79 Å². The number of piperidine rings is 1. The number of hydrogen-bond donors (Lipinski definition) is 1. The van der Waals surface area contributed by atoms with Crippen LogP contribution in [0.15, 0.2) is 91.0 Å². The second-order valence-electron chi connectivity index (χ2n) is 13.0. The van der Waals surface area contributed by atoms with Crippen LogP contribution in [-0.4, -0.2) is 51.0 Å². The van der Waals surface area contributed by atoms with Crippen molar-refractivity contribution in [1.29, 1.82) is 0 Å². The maximum absolute atomic E-state index is 12.7. The number of aryl methyl sites for hydroxylation is 1. The number of ether oxygens (including phenoxy) is 3. The van der Waals surface area contributed by atoms with E-state index in [1.165, 1.54) is 0 Å². The van der Waals surface area contributed by atoms with Crippen LogP contribution in [0.5, 0.6) is 11.8 Å². The molecule has 3 aromatic carbocycles. The van der Waals surface area contributed by atoms with Gasteiger partial charge in [-0.3, -0.25) is 4.68 Å². The van der Waals surface area contributed by atoms with E-state index in [0.717, 1.165) is 64.9 Å². The van der Waals surface area contributed by atoms with Gasteiger partial charge in [0.15, 0.2) is 0 Å². The van der Waals surface area contributed by atoms with E-state index in [2.05, 4.69) is 17.4 Å². The lowest BCUT2D eigenvalue weighted by Crippen LogP contribution is -2.44. The minimum atomic E-state index is -0.507. The summed E-state index contributed by atoms with van der Waals surface area (Å²) in [5.74, 6) is 1.25. The number of para-hydroxylation sites is 1. The summed E-state index contributed by atoms with van der Waals surface area (Å²) in [5, 5.41) is 9.62. The molecule has 47 heavy (non-hydrogen) atoms. The molecule has 0 saturated carbocycles. The molecule has 9 heteroatoms. The monoisotopic (exact) mass is 633 g/mol. The van der Waals surface area contributed by atoms with Crippen molar-refractivity contribution in [2.75, 3.05) is 25.0 Å². The molecule has 0 spiro atoms. The summed E-state index contributed by atoms with van der Waals surface area (Å²) >= 11 is 0. The number of nitrogens with zero attached hydrogens (tertiary/aromatic N) is 4. The molecule has 3 heterocycles. The Morgan fingerprint density at radius 2 is 1.60 bits per heavy atom. The molecule has 2 aromatic heterocycles. The first kappa shape index (κ1) is 31.9. The fourth-order valence-corrected chi connectivity index (χ4v) is 5.91. The minimum Gasteiger partial charge on any atom is -0.473 e. The van der Waals surface area contributed by atoms with Crippen molar-refractivity contribution in [2.45, 2.75) is 52.4 Å². The summed E-state index contributed by atoms with van der Waals surface area (Å²) < 4.78 is 19.9. The van der Waals surface area contributed by atoms with Gasteiger partial charge in [-0.1, -0.05) is 72.8 Å². The zero-order chi connectivity index (χ0) is 32.8. The highest BCUT2D eigenvalue weighted by Crippen LogP contribution is 2.37. The van der Waals surface area contributed by atoms with Crippen LogP contribution < -0.4 is 14.8 Å². The Balaban J connectivity index is 1.24. The number of carbonyl (C=O) groups excluding carboxylic acids is 1. The van der Waals surface area contributed by atoms with E-state index < -0.39 is 5.60 Å². The number of anilines is 1. The quantitative estimate of drug-likeness (QED) is 0.168.